The van der Waals surface area contributed by atoms with Gasteiger partial charge in [0.15, 0.2) is 5.58 Å². The molecule has 0 bridgehead atoms. The number of hydrogen-bond donors (Lipinski definition) is 1. The second-order valence-electron chi connectivity index (χ2n) is 6.79. The highest BCUT2D eigenvalue weighted by molar-refractivity contribution is 5.77. The summed E-state index contributed by atoms with van der Waals surface area (Å²) < 4.78 is 12.1. The van der Waals surface area contributed by atoms with Crippen LogP contribution in [0.4, 0.5) is 0 Å². The summed E-state index contributed by atoms with van der Waals surface area (Å²) in [5.74, 6) is 0.198. The molecule has 2 aromatic carbocycles. The Balaban J connectivity index is 1.55. The van der Waals surface area contributed by atoms with E-state index in [1.807, 2.05) is 36.4 Å². The number of benzene rings is 2. The van der Waals surface area contributed by atoms with Crippen molar-refractivity contribution in [1.29, 1.82) is 0 Å². The molecule has 0 aliphatic heterocycles. The molecule has 2 heterocycles. The summed E-state index contributed by atoms with van der Waals surface area (Å²) in [6.45, 7) is 2.63. The Morgan fingerprint density at radius 2 is 1.90 bits per heavy atom. The first-order valence-corrected chi connectivity index (χ1v) is 9.43. The molecule has 0 amide bonds. The molecule has 0 spiro atoms. The minimum Gasteiger partial charge on any atom is -0.408 e. The Kier molecular flexibility index (Phi) is 5.55. The highest BCUT2D eigenvalue weighted by Gasteiger charge is 2.13. The van der Waals surface area contributed by atoms with Gasteiger partial charge >= 0.3 is 5.76 Å². The van der Waals surface area contributed by atoms with E-state index in [1.165, 1.54) is 0 Å². The van der Waals surface area contributed by atoms with Crippen molar-refractivity contribution in [2.24, 2.45) is 0 Å². The van der Waals surface area contributed by atoms with Crippen molar-refractivity contribution in [2.75, 3.05) is 26.8 Å². The van der Waals surface area contributed by atoms with Gasteiger partial charge < -0.3 is 14.1 Å². The van der Waals surface area contributed by atoms with Crippen LogP contribution in [0, 0.1) is 0 Å². The van der Waals surface area contributed by atoms with E-state index in [4.69, 9.17) is 9.15 Å². The first kappa shape index (κ1) is 19.1. The van der Waals surface area contributed by atoms with Gasteiger partial charge in [-0.2, -0.15) is 0 Å². The maximum Gasteiger partial charge on any atom is 0.419 e. The number of nitrogens with one attached hydrogen (secondary N) is 1. The molecule has 1 N–H and O–H groups in total. The monoisotopic (exact) mass is 394 g/mol. The molecule has 0 aliphatic rings. The molecule has 0 fully saturated rings. The Hall–Kier alpha value is -3.23. The lowest BCUT2D eigenvalue weighted by Crippen LogP contribution is -2.33. The fourth-order valence-corrected chi connectivity index (χ4v) is 3.38. The Bertz CT molecular complexity index is 1240. The zero-order valence-corrected chi connectivity index (χ0v) is 16.1. The van der Waals surface area contributed by atoms with Gasteiger partial charge in [0.1, 0.15) is 5.82 Å². The van der Waals surface area contributed by atoms with Gasteiger partial charge in [-0.3, -0.25) is 14.3 Å². The summed E-state index contributed by atoms with van der Waals surface area (Å²) in [4.78, 5) is 34.1. The largest absolute Gasteiger partial charge is 0.419 e. The van der Waals surface area contributed by atoms with E-state index in [9.17, 15) is 9.59 Å². The van der Waals surface area contributed by atoms with Crippen molar-refractivity contribution in [3.63, 3.8) is 0 Å². The number of oxazole rings is 1. The van der Waals surface area contributed by atoms with Crippen LogP contribution >= 0.6 is 0 Å². The number of H-pyrrole nitrogens is 1. The standard InChI is InChI=1S/C21H22N4O4/c1-28-13-12-24(10-11-25-17-8-4-5-9-18(17)29-21(25)27)14-19-22-16-7-3-2-6-15(16)20(26)23-19/h2-9H,10-14H2,1H3,(H,22,23,26). The topological polar surface area (TPSA) is 93.4 Å². The number of methoxy groups -OCH3 is 1. The maximum absolute atomic E-state index is 12.3. The van der Waals surface area contributed by atoms with Crippen LogP contribution in [-0.2, 0) is 17.8 Å². The highest BCUT2D eigenvalue weighted by Crippen LogP contribution is 2.12. The Labute approximate surface area is 166 Å². The molecule has 0 unspecified atom stereocenters. The van der Waals surface area contributed by atoms with E-state index in [1.54, 1.807) is 23.8 Å². The SMILES string of the molecule is COCCN(CCn1c(=O)oc2ccccc21)Cc1nc2ccccc2c(=O)[nH]1. The molecule has 8 nitrogen and oxygen atoms in total. The first-order valence-electron chi connectivity index (χ1n) is 9.43. The van der Waals surface area contributed by atoms with Gasteiger partial charge in [-0.05, 0) is 24.3 Å². The number of rotatable bonds is 8. The molecule has 4 rings (SSSR count). The van der Waals surface area contributed by atoms with Crippen LogP contribution in [0.3, 0.4) is 0 Å². The number of aromatic amines is 1. The minimum atomic E-state index is -0.380. The average molecular weight is 394 g/mol. The van der Waals surface area contributed by atoms with Crippen molar-refractivity contribution < 1.29 is 9.15 Å². The number of ether oxygens (including phenoxy) is 1. The molecule has 8 heteroatoms. The van der Waals surface area contributed by atoms with Gasteiger partial charge in [-0.15, -0.1) is 0 Å². The van der Waals surface area contributed by atoms with E-state index in [0.717, 1.165) is 5.52 Å². The van der Waals surface area contributed by atoms with Gasteiger partial charge in [0.2, 0.25) is 0 Å². The number of nitrogens with zero attached hydrogens (tertiary/aromatic N) is 3. The summed E-state index contributed by atoms with van der Waals surface area (Å²) in [6.07, 6.45) is 0. The zero-order chi connectivity index (χ0) is 20.2. The minimum absolute atomic E-state index is 0.158. The summed E-state index contributed by atoms with van der Waals surface area (Å²) in [5, 5.41) is 0.566. The number of fused-ring (bicyclic) bond motifs is 2. The quantitative estimate of drug-likeness (QED) is 0.491. The van der Waals surface area contributed by atoms with Crippen LogP contribution in [0.1, 0.15) is 5.82 Å². The van der Waals surface area contributed by atoms with Crippen LogP contribution in [0.15, 0.2) is 62.5 Å². The lowest BCUT2D eigenvalue weighted by molar-refractivity contribution is 0.139. The Morgan fingerprint density at radius 1 is 1.10 bits per heavy atom. The van der Waals surface area contributed by atoms with Gasteiger partial charge in [0.25, 0.3) is 5.56 Å². The predicted molar refractivity (Wildman–Crippen MR) is 110 cm³/mol. The summed E-state index contributed by atoms with van der Waals surface area (Å²) in [5.41, 5.74) is 1.84. The Morgan fingerprint density at radius 3 is 2.76 bits per heavy atom. The molecular weight excluding hydrogens is 372 g/mol. The molecule has 0 atom stereocenters. The predicted octanol–water partition coefficient (Wildman–Crippen LogP) is 1.98. The van der Waals surface area contributed by atoms with Crippen LogP contribution in [0.2, 0.25) is 0 Å². The third kappa shape index (κ3) is 4.13. The lowest BCUT2D eigenvalue weighted by atomic mass is 10.2. The second-order valence-corrected chi connectivity index (χ2v) is 6.79. The molecular formula is C21H22N4O4. The molecule has 150 valence electrons. The third-order valence-electron chi connectivity index (χ3n) is 4.86. The van der Waals surface area contributed by atoms with Gasteiger partial charge in [-0.25, -0.2) is 9.78 Å². The van der Waals surface area contributed by atoms with E-state index in [0.29, 0.717) is 55.1 Å². The summed E-state index contributed by atoms with van der Waals surface area (Å²) >= 11 is 0. The van der Waals surface area contributed by atoms with Crippen LogP contribution < -0.4 is 11.3 Å². The summed E-state index contributed by atoms with van der Waals surface area (Å²) in [6, 6.07) is 14.6. The van der Waals surface area contributed by atoms with E-state index >= 15 is 0 Å². The normalized spacial score (nSPS) is 11.7. The molecule has 0 saturated heterocycles. The van der Waals surface area contributed by atoms with Crippen molar-refractivity contribution in [2.45, 2.75) is 13.1 Å². The average Bonchev–Trinajstić information content (AvgIpc) is 3.05. The smallest absolute Gasteiger partial charge is 0.408 e. The van der Waals surface area contributed by atoms with Crippen molar-refractivity contribution >= 4 is 22.0 Å². The molecule has 29 heavy (non-hydrogen) atoms. The highest BCUT2D eigenvalue weighted by atomic mass is 16.5. The van der Waals surface area contributed by atoms with Crippen LogP contribution in [0.5, 0.6) is 0 Å². The molecule has 0 aliphatic carbocycles. The van der Waals surface area contributed by atoms with Gasteiger partial charge in [0.05, 0.1) is 29.6 Å². The van der Waals surface area contributed by atoms with Crippen LogP contribution in [-0.4, -0.2) is 46.2 Å². The van der Waals surface area contributed by atoms with E-state index in [2.05, 4.69) is 14.9 Å². The molecule has 0 saturated carbocycles. The van der Waals surface area contributed by atoms with Crippen molar-refractivity contribution in [3.05, 3.63) is 75.3 Å². The maximum atomic E-state index is 12.3. The van der Waals surface area contributed by atoms with Gasteiger partial charge in [-0.1, -0.05) is 24.3 Å². The van der Waals surface area contributed by atoms with Crippen molar-refractivity contribution in [3.8, 4) is 0 Å². The number of hydrogen-bond acceptors (Lipinski definition) is 6. The molecule has 4 aromatic rings. The van der Waals surface area contributed by atoms with Crippen molar-refractivity contribution in [1.82, 2.24) is 19.4 Å². The van der Waals surface area contributed by atoms with Crippen LogP contribution in [0.25, 0.3) is 22.0 Å². The van der Waals surface area contributed by atoms with E-state index < -0.39 is 0 Å². The third-order valence-corrected chi connectivity index (χ3v) is 4.86. The molecule has 2 aromatic heterocycles. The fourth-order valence-electron chi connectivity index (χ4n) is 3.38. The fraction of sp³-hybridized carbons (Fsp3) is 0.286. The first-order chi connectivity index (χ1) is 14.2. The number of aromatic nitrogens is 3. The van der Waals surface area contributed by atoms with Gasteiger partial charge in [0, 0.05) is 26.7 Å². The van der Waals surface area contributed by atoms with E-state index in [-0.39, 0.29) is 11.3 Å². The number of para-hydroxylation sites is 3. The zero-order valence-electron chi connectivity index (χ0n) is 16.1. The summed E-state index contributed by atoms with van der Waals surface area (Å²) in [7, 11) is 1.64. The second kappa shape index (κ2) is 8.42. The molecule has 0 radical (unpaired) electrons. The lowest BCUT2D eigenvalue weighted by Gasteiger charge is -2.21.